The minimum absolute atomic E-state index is 0.419. The molecule has 0 radical (unpaired) electrons. The number of para-hydroxylation sites is 2. The molecule has 0 aliphatic heterocycles. The van der Waals surface area contributed by atoms with E-state index >= 15 is 0 Å². The number of thioether (sulfide) groups is 1. The standard InChI is InChI=1S/C26H34O2S/c27-25-19-11-9-17-23(25)15-7-3-1-5-13-21-29-22-14-6-2-4-8-16-24-18-10-12-20-26(24)28/h5-6,9-14,17-20,27-28H,1-4,7-8,15-16,21-22H2/b13-5+,14-6?. The van der Waals surface area contributed by atoms with Crippen molar-refractivity contribution in [1.82, 2.24) is 0 Å². The van der Waals surface area contributed by atoms with Crippen LogP contribution in [0, 0.1) is 0 Å². The van der Waals surface area contributed by atoms with Crippen LogP contribution in [0.4, 0.5) is 0 Å². The molecule has 0 saturated carbocycles. The first-order valence-electron chi connectivity index (χ1n) is 10.7. The summed E-state index contributed by atoms with van der Waals surface area (Å²) < 4.78 is 0. The highest BCUT2D eigenvalue weighted by Crippen LogP contribution is 2.19. The number of hydrogen-bond donors (Lipinski definition) is 2. The van der Waals surface area contributed by atoms with Crippen molar-refractivity contribution in [2.75, 3.05) is 11.5 Å². The molecule has 0 fully saturated rings. The zero-order valence-electron chi connectivity index (χ0n) is 17.3. The molecule has 0 spiro atoms. The Kier molecular flexibility index (Phi) is 11.8. The quantitative estimate of drug-likeness (QED) is 0.258. The van der Waals surface area contributed by atoms with Gasteiger partial charge in [0.2, 0.25) is 0 Å². The van der Waals surface area contributed by atoms with Gasteiger partial charge in [-0.25, -0.2) is 0 Å². The smallest absolute Gasteiger partial charge is 0.118 e. The Morgan fingerprint density at radius 2 is 1.03 bits per heavy atom. The maximum absolute atomic E-state index is 9.74. The molecule has 0 heterocycles. The lowest BCUT2D eigenvalue weighted by Gasteiger charge is -2.03. The maximum atomic E-state index is 9.74. The lowest BCUT2D eigenvalue weighted by atomic mass is 10.1. The molecule has 2 aromatic rings. The molecule has 2 rings (SSSR count). The molecule has 0 aliphatic carbocycles. The molecule has 2 N–H and O–H groups in total. The number of allylic oxidation sites excluding steroid dienone is 2. The van der Waals surface area contributed by atoms with Crippen molar-refractivity contribution in [3.63, 3.8) is 0 Å². The van der Waals surface area contributed by atoms with Crippen molar-refractivity contribution in [2.24, 2.45) is 0 Å². The third-order valence-electron chi connectivity index (χ3n) is 4.88. The second-order valence-corrected chi connectivity index (χ2v) is 8.30. The van der Waals surface area contributed by atoms with Crippen molar-refractivity contribution in [3.05, 3.63) is 84.0 Å². The number of unbranched alkanes of at least 4 members (excludes halogenated alkanes) is 4. The first-order chi connectivity index (χ1) is 14.3. The fraction of sp³-hybridized carbons (Fsp3) is 0.385. The molecule has 0 bridgehead atoms. The molecule has 0 amide bonds. The number of aryl methyl sites for hydroxylation is 2. The largest absolute Gasteiger partial charge is 0.508 e. The molecule has 156 valence electrons. The molecule has 0 unspecified atom stereocenters. The Hall–Kier alpha value is -2.13. The first-order valence-corrected chi connectivity index (χ1v) is 11.8. The van der Waals surface area contributed by atoms with Crippen LogP contribution in [0.25, 0.3) is 0 Å². The van der Waals surface area contributed by atoms with Gasteiger partial charge in [-0.15, -0.1) is 0 Å². The summed E-state index contributed by atoms with van der Waals surface area (Å²) in [4.78, 5) is 0. The summed E-state index contributed by atoms with van der Waals surface area (Å²) in [6.07, 6.45) is 17.8. The summed E-state index contributed by atoms with van der Waals surface area (Å²) in [5, 5.41) is 19.5. The predicted octanol–water partition coefficient (Wildman–Crippen LogP) is 7.07. The number of phenols is 2. The van der Waals surface area contributed by atoms with Crippen molar-refractivity contribution in [2.45, 2.75) is 51.4 Å². The van der Waals surface area contributed by atoms with Gasteiger partial charge < -0.3 is 10.2 Å². The van der Waals surface area contributed by atoms with Crippen LogP contribution in [0.2, 0.25) is 0 Å². The van der Waals surface area contributed by atoms with E-state index in [-0.39, 0.29) is 0 Å². The van der Waals surface area contributed by atoms with Crippen LogP contribution in [-0.2, 0) is 12.8 Å². The SMILES string of the molecule is Oc1ccccc1CCCCC=CCSC/C=C/CCCCc1ccccc1O. The van der Waals surface area contributed by atoms with Gasteiger partial charge in [0.05, 0.1) is 0 Å². The zero-order valence-corrected chi connectivity index (χ0v) is 18.1. The molecule has 0 aliphatic rings. The number of rotatable bonds is 14. The second-order valence-electron chi connectivity index (χ2n) is 7.23. The Balaban J connectivity index is 1.39. The van der Waals surface area contributed by atoms with Gasteiger partial charge in [-0.1, -0.05) is 60.7 Å². The van der Waals surface area contributed by atoms with Crippen LogP contribution in [0.15, 0.2) is 72.8 Å². The van der Waals surface area contributed by atoms with E-state index in [0.717, 1.165) is 74.0 Å². The highest BCUT2D eigenvalue weighted by molar-refractivity contribution is 7.99. The minimum Gasteiger partial charge on any atom is -0.508 e. The topological polar surface area (TPSA) is 40.5 Å². The number of benzene rings is 2. The van der Waals surface area contributed by atoms with Gasteiger partial charge in [0.15, 0.2) is 0 Å². The average molecular weight is 411 g/mol. The minimum atomic E-state index is 0.419. The van der Waals surface area contributed by atoms with Gasteiger partial charge in [-0.05, 0) is 74.6 Å². The molecular weight excluding hydrogens is 376 g/mol. The van der Waals surface area contributed by atoms with Crippen LogP contribution >= 0.6 is 11.8 Å². The van der Waals surface area contributed by atoms with E-state index < -0.39 is 0 Å². The van der Waals surface area contributed by atoms with Crippen molar-refractivity contribution < 1.29 is 10.2 Å². The van der Waals surface area contributed by atoms with Crippen LogP contribution < -0.4 is 0 Å². The van der Waals surface area contributed by atoms with Gasteiger partial charge in [0.25, 0.3) is 0 Å². The molecule has 0 atom stereocenters. The molecule has 0 saturated heterocycles. The first kappa shape index (κ1) is 23.2. The van der Waals surface area contributed by atoms with Gasteiger partial charge >= 0.3 is 0 Å². The van der Waals surface area contributed by atoms with Crippen LogP contribution in [0.5, 0.6) is 11.5 Å². The Morgan fingerprint density at radius 1 is 0.586 bits per heavy atom. The van der Waals surface area contributed by atoms with E-state index in [2.05, 4.69) is 24.3 Å². The van der Waals surface area contributed by atoms with Gasteiger partial charge in [0.1, 0.15) is 11.5 Å². The van der Waals surface area contributed by atoms with Gasteiger partial charge in [-0.3, -0.25) is 0 Å². The average Bonchev–Trinajstić information content (AvgIpc) is 2.73. The molecule has 3 heteroatoms. The van der Waals surface area contributed by atoms with E-state index in [0.29, 0.717) is 11.5 Å². The fourth-order valence-electron chi connectivity index (χ4n) is 3.18. The normalized spacial score (nSPS) is 11.6. The zero-order chi connectivity index (χ0) is 20.6. The van der Waals surface area contributed by atoms with E-state index in [1.807, 2.05) is 48.2 Å². The van der Waals surface area contributed by atoms with Crippen LogP contribution in [0.1, 0.15) is 49.7 Å². The summed E-state index contributed by atoms with van der Waals surface area (Å²) in [6.45, 7) is 0. The van der Waals surface area contributed by atoms with E-state index in [4.69, 9.17) is 0 Å². The molecular formula is C26H34O2S. The third-order valence-corrected chi connectivity index (χ3v) is 5.73. The summed E-state index contributed by atoms with van der Waals surface area (Å²) in [6, 6.07) is 15.2. The lowest BCUT2D eigenvalue weighted by Crippen LogP contribution is -1.86. The van der Waals surface area contributed by atoms with Crippen molar-refractivity contribution >= 4 is 11.8 Å². The number of hydrogen-bond acceptors (Lipinski definition) is 3. The monoisotopic (exact) mass is 410 g/mol. The highest BCUT2D eigenvalue weighted by Gasteiger charge is 1.99. The summed E-state index contributed by atoms with van der Waals surface area (Å²) in [5.74, 6) is 2.97. The van der Waals surface area contributed by atoms with Gasteiger partial charge in [0, 0.05) is 11.5 Å². The van der Waals surface area contributed by atoms with Gasteiger partial charge in [-0.2, -0.15) is 11.8 Å². The second kappa shape index (κ2) is 14.8. The van der Waals surface area contributed by atoms with Crippen molar-refractivity contribution in [3.8, 4) is 11.5 Å². The van der Waals surface area contributed by atoms with E-state index in [1.165, 1.54) is 0 Å². The fourth-order valence-corrected chi connectivity index (χ4v) is 3.86. The number of aromatic hydroxyl groups is 2. The summed E-state index contributed by atoms with van der Waals surface area (Å²) in [5.41, 5.74) is 2.11. The summed E-state index contributed by atoms with van der Waals surface area (Å²) >= 11 is 1.94. The Labute approximate surface area is 180 Å². The molecule has 2 aromatic carbocycles. The summed E-state index contributed by atoms with van der Waals surface area (Å²) in [7, 11) is 0. The predicted molar refractivity (Wildman–Crippen MR) is 127 cm³/mol. The molecule has 2 nitrogen and oxygen atoms in total. The maximum Gasteiger partial charge on any atom is 0.118 e. The molecule has 0 aromatic heterocycles. The Morgan fingerprint density at radius 3 is 1.48 bits per heavy atom. The van der Waals surface area contributed by atoms with Crippen LogP contribution in [-0.4, -0.2) is 21.7 Å². The van der Waals surface area contributed by atoms with Crippen molar-refractivity contribution in [1.29, 1.82) is 0 Å². The van der Waals surface area contributed by atoms with E-state index in [9.17, 15) is 10.2 Å². The lowest BCUT2D eigenvalue weighted by molar-refractivity contribution is 0.466. The third kappa shape index (κ3) is 10.3. The highest BCUT2D eigenvalue weighted by atomic mass is 32.2. The van der Waals surface area contributed by atoms with Crippen LogP contribution in [0.3, 0.4) is 0 Å². The van der Waals surface area contributed by atoms with E-state index in [1.54, 1.807) is 12.1 Å². The molecule has 29 heavy (non-hydrogen) atoms. The Bertz CT molecular complexity index is 688. The number of phenolic OH excluding ortho intramolecular Hbond substituents is 2.